The van der Waals surface area contributed by atoms with Crippen molar-refractivity contribution in [3.05, 3.63) is 24.8 Å². The first-order valence-electron chi connectivity index (χ1n) is 5.16. The molecule has 1 rings (SSSR count). The van der Waals surface area contributed by atoms with E-state index in [4.69, 9.17) is 0 Å². The predicted molar refractivity (Wildman–Crippen MR) is 59.1 cm³/mol. The zero-order chi connectivity index (χ0) is 11.3. The van der Waals surface area contributed by atoms with Gasteiger partial charge in [0.25, 0.3) is 0 Å². The summed E-state index contributed by atoms with van der Waals surface area (Å²) >= 11 is 0. The molecule has 1 saturated heterocycles. The Balaban J connectivity index is 2.82. The van der Waals surface area contributed by atoms with Crippen molar-refractivity contribution in [2.24, 2.45) is 5.41 Å². The van der Waals surface area contributed by atoms with Gasteiger partial charge in [0.15, 0.2) is 0 Å². The topological polar surface area (TPSA) is 46.2 Å². The van der Waals surface area contributed by atoms with Crippen LogP contribution in [0.3, 0.4) is 0 Å². The molecule has 1 aliphatic heterocycles. The van der Waals surface area contributed by atoms with Gasteiger partial charge in [-0.1, -0.05) is 18.2 Å². The van der Waals surface area contributed by atoms with E-state index in [2.05, 4.69) is 11.9 Å². The minimum Gasteiger partial charge on any atom is -0.296 e. The molecular formula is C12H17NO2. The van der Waals surface area contributed by atoms with E-state index in [1.807, 2.05) is 19.1 Å². The smallest absolute Gasteiger partial charge is 0.227 e. The van der Waals surface area contributed by atoms with Crippen LogP contribution >= 0.6 is 0 Å². The maximum Gasteiger partial charge on any atom is 0.227 e. The minimum atomic E-state index is -0.242. The molecule has 82 valence electrons. The molecule has 1 N–H and O–H groups in total. The Morgan fingerprint density at radius 3 is 2.40 bits per heavy atom. The van der Waals surface area contributed by atoms with Crippen LogP contribution < -0.4 is 5.32 Å². The summed E-state index contributed by atoms with van der Waals surface area (Å²) in [6, 6.07) is 0. The molecule has 0 unspecified atom stereocenters. The lowest BCUT2D eigenvalue weighted by Crippen LogP contribution is -2.44. The van der Waals surface area contributed by atoms with Gasteiger partial charge in [-0.05, 0) is 25.2 Å². The molecule has 2 amide bonds. The number of nitrogens with one attached hydrogen (secondary N) is 1. The van der Waals surface area contributed by atoms with E-state index >= 15 is 0 Å². The molecule has 1 aliphatic rings. The number of carbonyl (C=O) groups excluding carboxylic acids is 2. The standard InChI is InChI=1S/C12H17NO2/c1-3-5-7-12(6-4-2)8-10(14)13-11(15)9-12/h3-5H,2,6-9H2,1H3,(H,13,14,15)/b5-3+. The van der Waals surface area contributed by atoms with Crippen LogP contribution in [0.5, 0.6) is 0 Å². The number of piperidine rings is 1. The fraction of sp³-hybridized carbons (Fsp3) is 0.500. The molecule has 3 nitrogen and oxygen atoms in total. The largest absolute Gasteiger partial charge is 0.296 e. The van der Waals surface area contributed by atoms with Gasteiger partial charge in [-0.15, -0.1) is 6.58 Å². The molecule has 3 heteroatoms. The summed E-state index contributed by atoms with van der Waals surface area (Å²) in [7, 11) is 0. The molecule has 15 heavy (non-hydrogen) atoms. The zero-order valence-corrected chi connectivity index (χ0v) is 9.08. The van der Waals surface area contributed by atoms with Crippen molar-refractivity contribution in [1.29, 1.82) is 0 Å². The fourth-order valence-electron chi connectivity index (χ4n) is 2.03. The highest BCUT2D eigenvalue weighted by Gasteiger charge is 2.37. The average molecular weight is 207 g/mol. The number of allylic oxidation sites excluding steroid dienone is 3. The Labute approximate surface area is 90.2 Å². The van der Waals surface area contributed by atoms with Crippen LogP contribution in [-0.4, -0.2) is 11.8 Å². The molecule has 0 aromatic heterocycles. The zero-order valence-electron chi connectivity index (χ0n) is 9.08. The Bertz CT molecular complexity index is 289. The molecule has 0 atom stereocenters. The van der Waals surface area contributed by atoms with E-state index in [0.29, 0.717) is 19.3 Å². The number of hydrogen-bond acceptors (Lipinski definition) is 2. The van der Waals surface area contributed by atoms with Crippen molar-refractivity contribution < 1.29 is 9.59 Å². The Hall–Kier alpha value is -1.38. The van der Waals surface area contributed by atoms with Gasteiger partial charge in [-0.3, -0.25) is 14.9 Å². The van der Waals surface area contributed by atoms with Crippen LogP contribution in [0.25, 0.3) is 0 Å². The molecule has 0 saturated carbocycles. The van der Waals surface area contributed by atoms with Crippen LogP contribution in [0, 0.1) is 5.41 Å². The summed E-state index contributed by atoms with van der Waals surface area (Å²) in [5, 5.41) is 2.33. The lowest BCUT2D eigenvalue weighted by molar-refractivity contribution is -0.137. The van der Waals surface area contributed by atoms with Crippen LogP contribution in [0.1, 0.15) is 32.6 Å². The van der Waals surface area contributed by atoms with E-state index < -0.39 is 0 Å². The highest BCUT2D eigenvalue weighted by Crippen LogP contribution is 2.37. The fourth-order valence-corrected chi connectivity index (χ4v) is 2.03. The second kappa shape index (κ2) is 4.91. The van der Waals surface area contributed by atoms with Gasteiger partial charge in [0, 0.05) is 12.8 Å². The van der Waals surface area contributed by atoms with Gasteiger partial charge in [-0.2, -0.15) is 0 Å². The first-order valence-corrected chi connectivity index (χ1v) is 5.16. The van der Waals surface area contributed by atoms with Crippen molar-refractivity contribution >= 4 is 11.8 Å². The van der Waals surface area contributed by atoms with Crippen LogP contribution in [0.4, 0.5) is 0 Å². The van der Waals surface area contributed by atoms with Crippen molar-refractivity contribution in [3.63, 3.8) is 0 Å². The third kappa shape index (κ3) is 3.05. The van der Waals surface area contributed by atoms with E-state index in [1.54, 1.807) is 6.08 Å². The van der Waals surface area contributed by atoms with Gasteiger partial charge < -0.3 is 0 Å². The normalized spacial score (nSPS) is 20.3. The molecule has 0 bridgehead atoms. The highest BCUT2D eigenvalue weighted by molar-refractivity contribution is 5.98. The van der Waals surface area contributed by atoms with E-state index in [0.717, 1.165) is 6.42 Å². The molecular weight excluding hydrogens is 190 g/mol. The lowest BCUT2D eigenvalue weighted by Gasteiger charge is -2.34. The molecule has 0 aromatic carbocycles. The van der Waals surface area contributed by atoms with Crippen LogP contribution in [0.2, 0.25) is 0 Å². The van der Waals surface area contributed by atoms with Crippen molar-refractivity contribution in [2.45, 2.75) is 32.6 Å². The molecule has 0 aromatic rings. The van der Waals surface area contributed by atoms with Crippen LogP contribution in [-0.2, 0) is 9.59 Å². The maximum atomic E-state index is 11.3. The Morgan fingerprint density at radius 1 is 1.33 bits per heavy atom. The van der Waals surface area contributed by atoms with Crippen molar-refractivity contribution in [3.8, 4) is 0 Å². The highest BCUT2D eigenvalue weighted by atomic mass is 16.2. The van der Waals surface area contributed by atoms with E-state index in [-0.39, 0.29) is 17.2 Å². The van der Waals surface area contributed by atoms with Gasteiger partial charge in [-0.25, -0.2) is 0 Å². The second-order valence-corrected chi connectivity index (χ2v) is 4.09. The number of imide groups is 1. The number of carbonyl (C=O) groups is 2. The van der Waals surface area contributed by atoms with Gasteiger partial charge in [0.1, 0.15) is 0 Å². The summed E-state index contributed by atoms with van der Waals surface area (Å²) in [4.78, 5) is 22.7. The minimum absolute atomic E-state index is 0.169. The van der Waals surface area contributed by atoms with Gasteiger partial charge in [0.05, 0.1) is 0 Å². The monoisotopic (exact) mass is 207 g/mol. The quantitative estimate of drug-likeness (QED) is 0.565. The number of rotatable bonds is 4. The van der Waals surface area contributed by atoms with Gasteiger partial charge >= 0.3 is 0 Å². The molecule has 0 aliphatic carbocycles. The Kier molecular flexibility index (Phi) is 3.83. The maximum absolute atomic E-state index is 11.3. The van der Waals surface area contributed by atoms with Gasteiger partial charge in [0.2, 0.25) is 11.8 Å². The van der Waals surface area contributed by atoms with E-state index in [9.17, 15) is 9.59 Å². The summed E-state index contributed by atoms with van der Waals surface area (Å²) in [5.41, 5.74) is -0.242. The number of amides is 2. The Morgan fingerprint density at radius 2 is 1.93 bits per heavy atom. The summed E-state index contributed by atoms with van der Waals surface area (Å²) < 4.78 is 0. The lowest BCUT2D eigenvalue weighted by atomic mass is 9.73. The summed E-state index contributed by atoms with van der Waals surface area (Å²) in [5.74, 6) is -0.338. The van der Waals surface area contributed by atoms with E-state index in [1.165, 1.54) is 0 Å². The summed E-state index contributed by atoms with van der Waals surface area (Å²) in [6.07, 6.45) is 8.03. The third-order valence-corrected chi connectivity index (χ3v) is 2.71. The average Bonchev–Trinajstić information content (AvgIpc) is 2.13. The first kappa shape index (κ1) is 11.7. The molecule has 1 heterocycles. The molecule has 0 spiro atoms. The third-order valence-electron chi connectivity index (χ3n) is 2.71. The van der Waals surface area contributed by atoms with Crippen LogP contribution in [0.15, 0.2) is 24.8 Å². The SMILES string of the molecule is C=CCC1(C/C=C/C)CC(=O)NC(=O)C1. The second-order valence-electron chi connectivity index (χ2n) is 4.09. The summed E-state index contributed by atoms with van der Waals surface area (Å²) in [6.45, 7) is 5.63. The molecule has 0 radical (unpaired) electrons. The number of hydrogen-bond donors (Lipinski definition) is 1. The van der Waals surface area contributed by atoms with Crippen molar-refractivity contribution in [1.82, 2.24) is 5.32 Å². The molecule has 1 fully saturated rings. The first-order chi connectivity index (χ1) is 7.12. The predicted octanol–water partition coefficient (Wildman–Crippen LogP) is 1.95. The van der Waals surface area contributed by atoms with Crippen molar-refractivity contribution in [2.75, 3.05) is 0 Å².